The summed E-state index contributed by atoms with van der Waals surface area (Å²) < 4.78 is 5.62. The Kier molecular flexibility index (Phi) is 3.33. The molecule has 6 heteroatoms. The number of phenols is 1. The van der Waals surface area contributed by atoms with Crippen molar-refractivity contribution in [2.24, 2.45) is 0 Å². The maximum absolute atomic E-state index is 12.4. The highest BCUT2D eigenvalue weighted by Gasteiger charge is 2.33. The quantitative estimate of drug-likeness (QED) is 0.681. The Morgan fingerprint density at radius 2 is 2.15 bits per heavy atom. The van der Waals surface area contributed by atoms with Gasteiger partial charge in [0.15, 0.2) is 4.32 Å². The van der Waals surface area contributed by atoms with Gasteiger partial charge in [0.2, 0.25) is 0 Å². The fraction of sp³-hybridized carbons (Fsp3) is 0. The van der Waals surface area contributed by atoms with Crippen LogP contribution >= 0.6 is 24.0 Å². The zero-order valence-electron chi connectivity index (χ0n) is 10.1. The molecular formula is C14H9NO3S2. The first-order chi connectivity index (χ1) is 9.65. The number of furan rings is 1. The monoisotopic (exact) mass is 303 g/mol. The second-order valence-electron chi connectivity index (χ2n) is 4.05. The summed E-state index contributed by atoms with van der Waals surface area (Å²) in [4.78, 5) is 14.3. The van der Waals surface area contributed by atoms with Gasteiger partial charge in [-0.15, -0.1) is 0 Å². The average molecular weight is 303 g/mol. The third-order valence-electron chi connectivity index (χ3n) is 2.70. The number of anilines is 1. The minimum atomic E-state index is -0.220. The van der Waals surface area contributed by atoms with Crippen molar-refractivity contribution >= 4 is 46.0 Å². The molecule has 1 N–H and O–H groups in total. The molecule has 0 aliphatic carbocycles. The van der Waals surface area contributed by atoms with Crippen molar-refractivity contribution < 1.29 is 14.3 Å². The van der Waals surface area contributed by atoms with E-state index in [4.69, 9.17) is 16.6 Å². The molecule has 1 saturated heterocycles. The molecule has 3 rings (SSSR count). The molecule has 0 bridgehead atoms. The largest absolute Gasteiger partial charge is 0.508 e. The number of hydrogen-bond acceptors (Lipinski definition) is 5. The maximum atomic E-state index is 12.4. The van der Waals surface area contributed by atoms with Gasteiger partial charge in [-0.25, -0.2) is 0 Å². The van der Waals surface area contributed by atoms with E-state index in [2.05, 4.69) is 0 Å². The first-order valence-electron chi connectivity index (χ1n) is 5.75. The minimum absolute atomic E-state index is 0.0894. The van der Waals surface area contributed by atoms with Crippen LogP contribution in [0.25, 0.3) is 6.08 Å². The van der Waals surface area contributed by atoms with E-state index in [9.17, 15) is 9.90 Å². The van der Waals surface area contributed by atoms with Crippen molar-refractivity contribution in [3.8, 4) is 5.75 Å². The van der Waals surface area contributed by atoms with Gasteiger partial charge < -0.3 is 9.52 Å². The molecular weight excluding hydrogens is 294 g/mol. The van der Waals surface area contributed by atoms with Gasteiger partial charge >= 0.3 is 0 Å². The lowest BCUT2D eigenvalue weighted by Gasteiger charge is -2.14. The van der Waals surface area contributed by atoms with Crippen LogP contribution < -0.4 is 4.90 Å². The molecule has 1 aliphatic rings. The van der Waals surface area contributed by atoms with E-state index in [1.54, 1.807) is 42.7 Å². The predicted molar refractivity (Wildman–Crippen MR) is 82.5 cm³/mol. The molecule has 0 saturated carbocycles. The molecule has 2 heterocycles. The molecule has 1 aromatic heterocycles. The fourth-order valence-electron chi connectivity index (χ4n) is 1.83. The van der Waals surface area contributed by atoms with Crippen LogP contribution in [0.4, 0.5) is 5.69 Å². The maximum Gasteiger partial charge on any atom is 0.270 e. The van der Waals surface area contributed by atoms with Crippen LogP contribution in [0.1, 0.15) is 5.76 Å². The SMILES string of the molecule is O=C1C(=Cc2ccco2)SC(=S)N1c1cccc(O)c1. The van der Waals surface area contributed by atoms with E-state index in [-0.39, 0.29) is 11.7 Å². The number of thioether (sulfide) groups is 1. The van der Waals surface area contributed by atoms with Crippen LogP contribution in [0.3, 0.4) is 0 Å². The molecule has 1 aliphatic heterocycles. The van der Waals surface area contributed by atoms with Crippen LogP contribution in [-0.4, -0.2) is 15.3 Å². The highest BCUT2D eigenvalue weighted by molar-refractivity contribution is 8.27. The van der Waals surface area contributed by atoms with Crippen molar-refractivity contribution in [3.05, 3.63) is 53.3 Å². The molecule has 20 heavy (non-hydrogen) atoms. The Bertz CT molecular complexity index is 707. The molecule has 0 spiro atoms. The predicted octanol–water partition coefficient (Wildman–Crippen LogP) is 3.39. The summed E-state index contributed by atoms with van der Waals surface area (Å²) in [5.74, 6) is 0.468. The minimum Gasteiger partial charge on any atom is -0.508 e. The molecule has 100 valence electrons. The van der Waals surface area contributed by atoms with E-state index >= 15 is 0 Å². The van der Waals surface area contributed by atoms with Gasteiger partial charge in [0.1, 0.15) is 11.5 Å². The summed E-state index contributed by atoms with van der Waals surface area (Å²) in [6, 6.07) is 9.95. The zero-order chi connectivity index (χ0) is 14.1. The molecule has 4 nitrogen and oxygen atoms in total. The highest BCUT2D eigenvalue weighted by atomic mass is 32.2. The normalized spacial score (nSPS) is 17.2. The molecule has 0 radical (unpaired) electrons. The molecule has 2 aromatic rings. The Morgan fingerprint density at radius 1 is 1.30 bits per heavy atom. The molecule has 0 unspecified atom stereocenters. The van der Waals surface area contributed by atoms with Crippen LogP contribution in [0.2, 0.25) is 0 Å². The van der Waals surface area contributed by atoms with E-state index < -0.39 is 0 Å². The molecule has 0 atom stereocenters. The lowest BCUT2D eigenvalue weighted by molar-refractivity contribution is -0.113. The topological polar surface area (TPSA) is 53.7 Å². The Hall–Kier alpha value is -2.05. The second kappa shape index (κ2) is 5.15. The summed E-state index contributed by atoms with van der Waals surface area (Å²) in [6.45, 7) is 0. The number of phenolic OH excluding ortho intramolecular Hbond substituents is 1. The van der Waals surface area contributed by atoms with Crippen LogP contribution in [-0.2, 0) is 4.79 Å². The van der Waals surface area contributed by atoms with E-state index in [0.717, 1.165) is 0 Å². The average Bonchev–Trinajstić information content (AvgIpc) is 2.99. The zero-order valence-corrected chi connectivity index (χ0v) is 11.8. The third kappa shape index (κ3) is 2.35. The number of benzene rings is 1. The second-order valence-corrected chi connectivity index (χ2v) is 5.73. The number of nitrogens with zero attached hydrogens (tertiary/aromatic N) is 1. The number of aromatic hydroxyl groups is 1. The van der Waals surface area contributed by atoms with Crippen LogP contribution in [0.15, 0.2) is 52.0 Å². The Labute approximate surface area is 124 Å². The van der Waals surface area contributed by atoms with Gasteiger partial charge in [-0.2, -0.15) is 0 Å². The third-order valence-corrected chi connectivity index (χ3v) is 4.00. The first kappa shape index (κ1) is 13.0. The lowest BCUT2D eigenvalue weighted by atomic mass is 10.2. The molecule has 1 fully saturated rings. The standard InChI is InChI=1S/C14H9NO3S2/c16-10-4-1-3-9(7-10)15-13(17)12(20-14(15)19)8-11-5-2-6-18-11/h1-8,16H. The van der Waals surface area contributed by atoms with Crippen molar-refractivity contribution in [2.45, 2.75) is 0 Å². The smallest absolute Gasteiger partial charge is 0.270 e. The van der Waals surface area contributed by atoms with Gasteiger partial charge in [0.25, 0.3) is 5.91 Å². The number of thiocarbonyl (C=S) groups is 1. The molecule has 1 aromatic carbocycles. The number of hydrogen-bond donors (Lipinski definition) is 1. The number of rotatable bonds is 2. The van der Waals surface area contributed by atoms with Crippen molar-refractivity contribution in [1.29, 1.82) is 0 Å². The van der Waals surface area contributed by atoms with E-state index in [1.807, 2.05) is 0 Å². The van der Waals surface area contributed by atoms with Crippen molar-refractivity contribution in [2.75, 3.05) is 4.90 Å². The lowest BCUT2D eigenvalue weighted by Crippen LogP contribution is -2.27. The first-order valence-corrected chi connectivity index (χ1v) is 6.98. The van der Waals surface area contributed by atoms with Crippen LogP contribution in [0, 0.1) is 0 Å². The van der Waals surface area contributed by atoms with Gasteiger partial charge in [0, 0.05) is 12.1 Å². The summed E-state index contributed by atoms with van der Waals surface area (Å²) in [6.07, 6.45) is 3.20. The highest BCUT2D eigenvalue weighted by Crippen LogP contribution is 2.36. The fourth-order valence-corrected chi connectivity index (χ4v) is 3.10. The molecule has 1 amide bonds. The van der Waals surface area contributed by atoms with Gasteiger partial charge in [-0.3, -0.25) is 9.69 Å². The van der Waals surface area contributed by atoms with Gasteiger partial charge in [-0.05, 0) is 24.3 Å². The van der Waals surface area contributed by atoms with E-state index in [0.29, 0.717) is 20.7 Å². The van der Waals surface area contributed by atoms with Gasteiger partial charge in [0.05, 0.1) is 16.9 Å². The van der Waals surface area contributed by atoms with Crippen molar-refractivity contribution in [1.82, 2.24) is 0 Å². The number of carbonyl (C=O) groups is 1. The summed E-state index contributed by atoms with van der Waals surface area (Å²) in [7, 11) is 0. The van der Waals surface area contributed by atoms with E-state index in [1.165, 1.54) is 22.7 Å². The summed E-state index contributed by atoms with van der Waals surface area (Å²) in [5, 5.41) is 9.50. The number of amides is 1. The summed E-state index contributed by atoms with van der Waals surface area (Å²) >= 11 is 6.44. The van der Waals surface area contributed by atoms with Gasteiger partial charge in [-0.1, -0.05) is 30.0 Å². The number of carbonyl (C=O) groups excluding carboxylic acids is 1. The summed E-state index contributed by atoms with van der Waals surface area (Å²) in [5.41, 5.74) is 0.551. The Balaban J connectivity index is 1.95. The Morgan fingerprint density at radius 3 is 2.85 bits per heavy atom. The van der Waals surface area contributed by atoms with Crippen molar-refractivity contribution in [3.63, 3.8) is 0 Å². The van der Waals surface area contributed by atoms with Crippen LogP contribution in [0.5, 0.6) is 5.75 Å².